The second kappa shape index (κ2) is 5.53. The Morgan fingerprint density at radius 3 is 2.69 bits per heavy atom. The lowest BCUT2D eigenvalue weighted by Gasteiger charge is -2.09. The highest BCUT2D eigenvalue weighted by atomic mass is 79.9. The molecular formula is C10H7BrCl2N2O. The Morgan fingerprint density at radius 2 is 2.12 bits per heavy atom. The van der Waals surface area contributed by atoms with Crippen LogP contribution in [0.25, 0.3) is 0 Å². The zero-order chi connectivity index (χ0) is 12.3. The van der Waals surface area contributed by atoms with Gasteiger partial charge in [0.05, 0.1) is 21.8 Å². The zero-order valence-electron chi connectivity index (χ0n) is 8.22. The number of amides is 1. The molecule has 1 atom stereocenters. The predicted molar refractivity (Wildman–Crippen MR) is 67.6 cm³/mol. The number of nitrogens with zero attached hydrogens (tertiary/aromatic N) is 1. The van der Waals surface area contributed by atoms with Crippen LogP contribution in [0.2, 0.25) is 10.0 Å². The van der Waals surface area contributed by atoms with E-state index in [2.05, 4.69) is 21.2 Å². The van der Waals surface area contributed by atoms with E-state index in [1.54, 1.807) is 12.1 Å². The fourth-order valence-corrected chi connectivity index (χ4v) is 1.74. The second-order valence-corrected chi connectivity index (χ2v) is 4.67. The monoisotopic (exact) mass is 320 g/mol. The van der Waals surface area contributed by atoms with E-state index in [1.807, 2.05) is 6.07 Å². The molecule has 3 nitrogen and oxygen atoms in total. The minimum atomic E-state index is -0.738. The maximum absolute atomic E-state index is 11.4. The van der Waals surface area contributed by atoms with Gasteiger partial charge in [-0.05, 0) is 35.0 Å². The van der Waals surface area contributed by atoms with E-state index in [9.17, 15) is 4.79 Å². The maximum Gasteiger partial charge on any atom is 0.241 e. The molecule has 0 bridgehead atoms. The summed E-state index contributed by atoms with van der Waals surface area (Å²) in [5, 5.41) is 11.7. The van der Waals surface area contributed by atoms with Crippen LogP contribution in [0.1, 0.15) is 6.92 Å². The molecule has 16 heavy (non-hydrogen) atoms. The summed E-state index contributed by atoms with van der Waals surface area (Å²) in [7, 11) is 0. The van der Waals surface area contributed by atoms with Crippen LogP contribution in [-0.2, 0) is 4.79 Å². The highest BCUT2D eigenvalue weighted by Gasteiger charge is 2.15. The van der Waals surface area contributed by atoms with Crippen molar-refractivity contribution in [1.29, 1.82) is 5.26 Å². The molecule has 1 amide bonds. The Morgan fingerprint density at radius 1 is 1.50 bits per heavy atom. The van der Waals surface area contributed by atoms with Gasteiger partial charge in [0.25, 0.3) is 0 Å². The van der Waals surface area contributed by atoms with Crippen LogP contribution in [0.3, 0.4) is 0 Å². The number of halogens is 3. The molecule has 0 radical (unpaired) electrons. The minimum absolute atomic E-state index is 0.245. The van der Waals surface area contributed by atoms with Crippen molar-refractivity contribution in [3.05, 3.63) is 26.7 Å². The van der Waals surface area contributed by atoms with Gasteiger partial charge in [-0.25, -0.2) is 0 Å². The van der Waals surface area contributed by atoms with Crippen LogP contribution in [0.5, 0.6) is 0 Å². The lowest BCUT2D eigenvalue weighted by atomic mass is 10.2. The van der Waals surface area contributed by atoms with Crippen LogP contribution in [-0.4, -0.2) is 5.91 Å². The third kappa shape index (κ3) is 2.88. The Balaban J connectivity index is 2.96. The number of benzene rings is 1. The van der Waals surface area contributed by atoms with Crippen molar-refractivity contribution < 1.29 is 4.79 Å². The van der Waals surface area contributed by atoms with E-state index >= 15 is 0 Å². The van der Waals surface area contributed by atoms with Crippen LogP contribution >= 0.6 is 39.1 Å². The Labute approximate surface area is 111 Å². The minimum Gasteiger partial charge on any atom is -0.324 e. The Bertz CT molecular complexity index is 471. The molecule has 6 heteroatoms. The van der Waals surface area contributed by atoms with Crippen molar-refractivity contribution in [2.75, 3.05) is 5.32 Å². The van der Waals surface area contributed by atoms with Crippen LogP contribution in [0.4, 0.5) is 5.69 Å². The first kappa shape index (κ1) is 13.3. The van der Waals surface area contributed by atoms with Crippen LogP contribution in [0.15, 0.2) is 16.6 Å². The molecule has 0 fully saturated rings. The summed E-state index contributed by atoms with van der Waals surface area (Å²) < 4.78 is 0.644. The van der Waals surface area contributed by atoms with E-state index in [4.69, 9.17) is 28.5 Å². The van der Waals surface area contributed by atoms with Gasteiger partial charge < -0.3 is 5.32 Å². The predicted octanol–water partition coefficient (Wildman–Crippen LogP) is 3.85. The summed E-state index contributed by atoms with van der Waals surface area (Å²) in [5.41, 5.74) is 0.391. The van der Waals surface area contributed by atoms with E-state index in [-0.39, 0.29) is 5.02 Å². The Kier molecular flexibility index (Phi) is 4.60. The molecule has 1 aromatic carbocycles. The number of carbonyl (C=O) groups is 1. The molecule has 0 heterocycles. The molecule has 1 unspecified atom stereocenters. The third-order valence-electron chi connectivity index (χ3n) is 1.88. The molecule has 1 N–H and O–H groups in total. The zero-order valence-corrected chi connectivity index (χ0v) is 11.3. The van der Waals surface area contributed by atoms with Crippen molar-refractivity contribution in [2.45, 2.75) is 6.92 Å². The summed E-state index contributed by atoms with van der Waals surface area (Å²) in [6, 6.07) is 5.11. The van der Waals surface area contributed by atoms with Crippen molar-refractivity contribution >= 4 is 50.7 Å². The topological polar surface area (TPSA) is 52.9 Å². The Hall–Kier alpha value is -0.760. The van der Waals surface area contributed by atoms with Gasteiger partial charge in [-0.3, -0.25) is 4.79 Å². The number of rotatable bonds is 2. The molecular weight excluding hydrogens is 315 g/mol. The van der Waals surface area contributed by atoms with Gasteiger partial charge in [-0.15, -0.1) is 0 Å². The molecule has 0 aliphatic carbocycles. The number of anilines is 1. The van der Waals surface area contributed by atoms with Crippen molar-refractivity contribution in [2.24, 2.45) is 5.92 Å². The van der Waals surface area contributed by atoms with E-state index in [1.165, 1.54) is 6.92 Å². The van der Waals surface area contributed by atoms with Gasteiger partial charge in [0, 0.05) is 4.47 Å². The fraction of sp³-hybridized carbons (Fsp3) is 0.200. The first-order chi connectivity index (χ1) is 7.47. The van der Waals surface area contributed by atoms with Gasteiger partial charge in [0.1, 0.15) is 5.92 Å². The van der Waals surface area contributed by atoms with Crippen molar-refractivity contribution in [1.82, 2.24) is 0 Å². The molecule has 0 aliphatic rings. The molecule has 0 aromatic heterocycles. The fourth-order valence-electron chi connectivity index (χ4n) is 0.922. The number of hydrogen-bond acceptors (Lipinski definition) is 2. The van der Waals surface area contributed by atoms with E-state index in [0.29, 0.717) is 15.2 Å². The lowest BCUT2D eigenvalue weighted by Crippen LogP contribution is -2.19. The first-order valence-electron chi connectivity index (χ1n) is 4.31. The molecule has 0 aliphatic heterocycles. The van der Waals surface area contributed by atoms with Crippen LogP contribution < -0.4 is 5.32 Å². The highest BCUT2D eigenvalue weighted by molar-refractivity contribution is 9.10. The lowest BCUT2D eigenvalue weighted by molar-refractivity contribution is -0.117. The maximum atomic E-state index is 11.4. The number of nitrogens with one attached hydrogen (secondary N) is 1. The normalized spacial score (nSPS) is 11.7. The largest absolute Gasteiger partial charge is 0.324 e. The smallest absolute Gasteiger partial charge is 0.241 e. The molecule has 84 valence electrons. The third-order valence-corrected chi connectivity index (χ3v) is 3.65. The summed E-state index contributed by atoms with van der Waals surface area (Å²) in [5.74, 6) is -1.15. The van der Waals surface area contributed by atoms with Gasteiger partial charge in [-0.1, -0.05) is 23.2 Å². The summed E-state index contributed by atoms with van der Waals surface area (Å²) in [6.07, 6.45) is 0. The van der Waals surface area contributed by atoms with Gasteiger partial charge in [0.15, 0.2) is 0 Å². The van der Waals surface area contributed by atoms with E-state index < -0.39 is 11.8 Å². The number of hydrogen-bond donors (Lipinski definition) is 1. The average molecular weight is 322 g/mol. The summed E-state index contributed by atoms with van der Waals surface area (Å²) >= 11 is 15.0. The van der Waals surface area contributed by atoms with Gasteiger partial charge in [-0.2, -0.15) is 5.26 Å². The van der Waals surface area contributed by atoms with E-state index in [0.717, 1.165) is 0 Å². The van der Waals surface area contributed by atoms with Crippen molar-refractivity contribution in [3.8, 4) is 6.07 Å². The highest BCUT2D eigenvalue weighted by Crippen LogP contribution is 2.35. The van der Waals surface area contributed by atoms with Crippen LogP contribution in [0, 0.1) is 17.2 Å². The standard InChI is InChI=1S/C10H7BrCl2N2O/c1-5(4-14)10(16)15-7-3-2-6(11)8(12)9(7)13/h2-3,5H,1H3,(H,15,16). The molecule has 0 spiro atoms. The molecule has 1 rings (SSSR count). The second-order valence-electron chi connectivity index (χ2n) is 3.06. The average Bonchev–Trinajstić information content (AvgIpc) is 2.28. The summed E-state index contributed by atoms with van der Waals surface area (Å²) in [6.45, 7) is 1.50. The quantitative estimate of drug-likeness (QED) is 0.841. The van der Waals surface area contributed by atoms with Gasteiger partial charge >= 0.3 is 0 Å². The molecule has 0 saturated carbocycles. The first-order valence-corrected chi connectivity index (χ1v) is 5.86. The van der Waals surface area contributed by atoms with Gasteiger partial charge in [0.2, 0.25) is 5.91 Å². The molecule has 0 saturated heterocycles. The number of carbonyl (C=O) groups excluding carboxylic acids is 1. The SMILES string of the molecule is CC(C#N)C(=O)Nc1ccc(Br)c(Cl)c1Cl. The van der Waals surface area contributed by atoms with Crippen molar-refractivity contribution in [3.63, 3.8) is 0 Å². The summed E-state index contributed by atoms with van der Waals surface area (Å²) in [4.78, 5) is 11.4. The number of nitriles is 1. The molecule has 1 aromatic rings.